The summed E-state index contributed by atoms with van der Waals surface area (Å²) in [5.74, 6) is -0.0875. The summed E-state index contributed by atoms with van der Waals surface area (Å²) in [7, 11) is 0. The van der Waals surface area contributed by atoms with Crippen LogP contribution in [0.1, 0.15) is 61.0 Å². The van der Waals surface area contributed by atoms with Gasteiger partial charge in [-0.15, -0.1) is 0 Å². The Labute approximate surface area is 133 Å². The molecule has 0 aliphatic heterocycles. The van der Waals surface area contributed by atoms with Crippen LogP contribution in [-0.4, -0.2) is 23.8 Å². The minimum Gasteiger partial charge on any atom is -0.349 e. The van der Waals surface area contributed by atoms with Crippen LogP contribution in [-0.2, 0) is 4.79 Å². The van der Waals surface area contributed by atoms with Gasteiger partial charge in [-0.25, -0.2) is 0 Å². The molecular formula is C18H28N2O2. The molecule has 22 heavy (non-hydrogen) atoms. The van der Waals surface area contributed by atoms with E-state index in [4.69, 9.17) is 5.73 Å². The van der Waals surface area contributed by atoms with E-state index in [0.29, 0.717) is 12.1 Å². The van der Waals surface area contributed by atoms with Crippen molar-refractivity contribution in [3.63, 3.8) is 0 Å². The first-order valence-corrected chi connectivity index (χ1v) is 7.99. The van der Waals surface area contributed by atoms with Crippen LogP contribution in [0.2, 0.25) is 0 Å². The first kappa shape index (κ1) is 18.4. The van der Waals surface area contributed by atoms with E-state index in [0.717, 1.165) is 24.0 Å². The molecule has 0 aliphatic rings. The van der Waals surface area contributed by atoms with Gasteiger partial charge in [0, 0.05) is 24.9 Å². The molecule has 0 heterocycles. The van der Waals surface area contributed by atoms with Gasteiger partial charge in [0.15, 0.2) is 5.78 Å². The Morgan fingerprint density at radius 1 is 1.14 bits per heavy atom. The van der Waals surface area contributed by atoms with Gasteiger partial charge in [0.1, 0.15) is 0 Å². The van der Waals surface area contributed by atoms with Crippen molar-refractivity contribution in [1.29, 1.82) is 0 Å². The van der Waals surface area contributed by atoms with E-state index in [1.165, 1.54) is 0 Å². The Morgan fingerprint density at radius 3 is 2.32 bits per heavy atom. The standard InChI is InChI=1S/C18H28N2O2/c1-5-18(6-2,12-19)20-17(22)10-9-16(21)15-11-13(3)7-8-14(15)4/h7-8,11H,5-6,9-10,12,19H2,1-4H3,(H,20,22). The molecule has 1 aromatic carbocycles. The molecule has 0 spiro atoms. The number of carbonyl (C=O) groups is 2. The Morgan fingerprint density at radius 2 is 1.77 bits per heavy atom. The van der Waals surface area contributed by atoms with Crippen molar-refractivity contribution in [2.75, 3.05) is 6.54 Å². The monoisotopic (exact) mass is 304 g/mol. The van der Waals surface area contributed by atoms with Crippen molar-refractivity contribution in [2.24, 2.45) is 5.73 Å². The molecule has 0 aromatic heterocycles. The summed E-state index contributed by atoms with van der Waals surface area (Å²) >= 11 is 0. The van der Waals surface area contributed by atoms with Crippen LogP contribution in [0.4, 0.5) is 0 Å². The average Bonchev–Trinajstić information content (AvgIpc) is 2.52. The van der Waals surface area contributed by atoms with Crippen LogP contribution < -0.4 is 11.1 Å². The van der Waals surface area contributed by atoms with E-state index in [1.54, 1.807) is 0 Å². The fourth-order valence-corrected chi connectivity index (χ4v) is 2.52. The second-order valence-electron chi connectivity index (χ2n) is 5.98. The highest BCUT2D eigenvalue weighted by atomic mass is 16.2. The minimum atomic E-state index is -0.348. The number of hydrogen-bond donors (Lipinski definition) is 2. The van der Waals surface area contributed by atoms with Crippen LogP contribution in [0.3, 0.4) is 0 Å². The Hall–Kier alpha value is -1.68. The first-order valence-electron chi connectivity index (χ1n) is 7.99. The van der Waals surface area contributed by atoms with Gasteiger partial charge in [-0.3, -0.25) is 9.59 Å². The van der Waals surface area contributed by atoms with Crippen molar-refractivity contribution in [2.45, 2.75) is 58.9 Å². The molecule has 1 aromatic rings. The number of Topliss-reactive ketones (excluding diaryl/α,β-unsaturated/α-hetero) is 1. The molecule has 0 bridgehead atoms. The summed E-state index contributed by atoms with van der Waals surface area (Å²) in [4.78, 5) is 24.4. The number of aryl methyl sites for hydroxylation is 2. The van der Waals surface area contributed by atoms with E-state index < -0.39 is 0 Å². The molecule has 1 rings (SSSR count). The maximum Gasteiger partial charge on any atom is 0.220 e. The Bertz CT molecular complexity index is 526. The summed E-state index contributed by atoms with van der Waals surface area (Å²) in [6.07, 6.45) is 2.01. The molecular weight excluding hydrogens is 276 g/mol. The van der Waals surface area contributed by atoms with Crippen molar-refractivity contribution in [3.8, 4) is 0 Å². The lowest BCUT2D eigenvalue weighted by Gasteiger charge is -2.31. The van der Waals surface area contributed by atoms with Gasteiger partial charge < -0.3 is 11.1 Å². The van der Waals surface area contributed by atoms with Gasteiger partial charge in [-0.1, -0.05) is 31.5 Å². The molecule has 0 radical (unpaired) electrons. The van der Waals surface area contributed by atoms with Gasteiger partial charge >= 0.3 is 0 Å². The third kappa shape index (κ3) is 4.67. The highest BCUT2D eigenvalue weighted by Crippen LogP contribution is 2.16. The Kier molecular flexibility index (Phi) is 6.75. The smallest absolute Gasteiger partial charge is 0.220 e. The van der Waals surface area contributed by atoms with Crippen LogP contribution in [0.25, 0.3) is 0 Å². The molecule has 1 amide bonds. The number of nitrogens with two attached hydrogens (primary N) is 1. The summed E-state index contributed by atoms with van der Waals surface area (Å²) in [5, 5.41) is 3.00. The van der Waals surface area contributed by atoms with E-state index in [9.17, 15) is 9.59 Å². The molecule has 0 fully saturated rings. The third-order valence-corrected chi connectivity index (χ3v) is 4.42. The lowest BCUT2D eigenvalue weighted by atomic mass is 9.92. The normalized spacial score (nSPS) is 11.3. The van der Waals surface area contributed by atoms with E-state index in [1.807, 2.05) is 45.9 Å². The fraction of sp³-hybridized carbons (Fsp3) is 0.556. The van der Waals surface area contributed by atoms with Crippen LogP contribution in [0.15, 0.2) is 18.2 Å². The first-order chi connectivity index (χ1) is 10.4. The number of carbonyl (C=O) groups excluding carboxylic acids is 2. The van der Waals surface area contributed by atoms with Crippen molar-refractivity contribution < 1.29 is 9.59 Å². The number of hydrogen-bond acceptors (Lipinski definition) is 3. The summed E-state index contributed by atoms with van der Waals surface area (Å²) in [6.45, 7) is 8.31. The van der Waals surface area contributed by atoms with Gasteiger partial charge in [0.25, 0.3) is 0 Å². The van der Waals surface area contributed by atoms with Crippen molar-refractivity contribution in [3.05, 3.63) is 34.9 Å². The van der Waals surface area contributed by atoms with E-state index in [-0.39, 0.29) is 30.1 Å². The van der Waals surface area contributed by atoms with E-state index >= 15 is 0 Å². The number of amides is 1. The molecule has 4 heteroatoms. The molecule has 3 N–H and O–H groups in total. The number of ketones is 1. The van der Waals surface area contributed by atoms with Crippen LogP contribution in [0.5, 0.6) is 0 Å². The zero-order valence-corrected chi connectivity index (χ0v) is 14.2. The highest BCUT2D eigenvalue weighted by molar-refractivity contribution is 5.99. The zero-order chi connectivity index (χ0) is 16.8. The maximum absolute atomic E-state index is 12.3. The fourth-order valence-electron chi connectivity index (χ4n) is 2.52. The van der Waals surface area contributed by atoms with Crippen molar-refractivity contribution in [1.82, 2.24) is 5.32 Å². The minimum absolute atomic E-state index is 0.0164. The molecule has 0 saturated heterocycles. The van der Waals surface area contributed by atoms with Crippen molar-refractivity contribution >= 4 is 11.7 Å². The molecule has 4 nitrogen and oxygen atoms in total. The quantitative estimate of drug-likeness (QED) is 0.725. The molecule has 0 saturated carbocycles. The van der Waals surface area contributed by atoms with Gasteiger partial charge in [0.2, 0.25) is 5.91 Å². The maximum atomic E-state index is 12.3. The van der Waals surface area contributed by atoms with Gasteiger partial charge in [-0.2, -0.15) is 0 Å². The second kappa shape index (κ2) is 8.08. The number of rotatable bonds is 8. The third-order valence-electron chi connectivity index (χ3n) is 4.42. The predicted molar refractivity (Wildman–Crippen MR) is 90.0 cm³/mol. The lowest BCUT2D eigenvalue weighted by molar-refractivity contribution is -0.123. The number of benzene rings is 1. The summed E-state index contributed by atoms with van der Waals surface area (Å²) < 4.78 is 0. The molecule has 0 unspecified atom stereocenters. The molecule has 0 aliphatic carbocycles. The van der Waals surface area contributed by atoms with Crippen LogP contribution in [0, 0.1) is 13.8 Å². The highest BCUT2D eigenvalue weighted by Gasteiger charge is 2.26. The lowest BCUT2D eigenvalue weighted by Crippen LogP contribution is -2.52. The van der Waals surface area contributed by atoms with Gasteiger partial charge in [0.05, 0.1) is 5.54 Å². The summed E-state index contributed by atoms with van der Waals surface area (Å²) in [5.41, 5.74) is 8.15. The summed E-state index contributed by atoms with van der Waals surface area (Å²) in [6, 6.07) is 5.81. The predicted octanol–water partition coefficient (Wildman–Crippen LogP) is 2.90. The number of nitrogens with one attached hydrogen (secondary N) is 1. The topological polar surface area (TPSA) is 72.2 Å². The van der Waals surface area contributed by atoms with E-state index in [2.05, 4.69) is 5.32 Å². The van der Waals surface area contributed by atoms with Gasteiger partial charge in [-0.05, 0) is 38.3 Å². The average molecular weight is 304 g/mol. The second-order valence-corrected chi connectivity index (χ2v) is 5.98. The molecule has 122 valence electrons. The SMILES string of the molecule is CCC(CC)(CN)NC(=O)CCC(=O)c1cc(C)ccc1C. The van der Waals surface area contributed by atoms with Crippen LogP contribution >= 0.6 is 0 Å². The Balaban J connectivity index is 2.64. The largest absolute Gasteiger partial charge is 0.349 e. The molecule has 0 atom stereocenters. The zero-order valence-electron chi connectivity index (χ0n) is 14.2.